The van der Waals surface area contributed by atoms with Gasteiger partial charge in [0.1, 0.15) is 10.1 Å². The summed E-state index contributed by atoms with van der Waals surface area (Å²) in [7, 11) is 1.60. The SMILES string of the molecule is CCOc1ccc(Br)cc1/C=C1\SC(=S)N(CCOC)C1=O. The third kappa shape index (κ3) is 4.10. The van der Waals surface area contributed by atoms with Gasteiger partial charge in [-0.3, -0.25) is 9.69 Å². The van der Waals surface area contributed by atoms with Crippen molar-refractivity contribution in [3.05, 3.63) is 33.1 Å². The van der Waals surface area contributed by atoms with Gasteiger partial charge in [-0.05, 0) is 31.2 Å². The molecule has 1 aliphatic rings. The monoisotopic (exact) mass is 401 g/mol. The van der Waals surface area contributed by atoms with Gasteiger partial charge < -0.3 is 9.47 Å². The van der Waals surface area contributed by atoms with Crippen LogP contribution < -0.4 is 4.74 Å². The van der Waals surface area contributed by atoms with Crippen LogP contribution in [0.15, 0.2) is 27.6 Å². The lowest BCUT2D eigenvalue weighted by Crippen LogP contribution is -2.31. The summed E-state index contributed by atoms with van der Waals surface area (Å²) in [5.74, 6) is 0.655. The molecule has 1 amide bonds. The largest absolute Gasteiger partial charge is 0.493 e. The number of carbonyl (C=O) groups is 1. The van der Waals surface area contributed by atoms with Crippen LogP contribution in [0.4, 0.5) is 0 Å². The standard InChI is InChI=1S/C15H16BrNO3S2/c1-3-20-12-5-4-11(16)8-10(12)9-13-14(18)17(6-7-19-2)15(21)22-13/h4-5,8-9H,3,6-7H2,1-2H3/b13-9-. The average molecular weight is 402 g/mol. The number of thioether (sulfide) groups is 1. The molecule has 7 heteroatoms. The number of benzene rings is 1. The van der Waals surface area contributed by atoms with Gasteiger partial charge in [0.15, 0.2) is 0 Å². The molecule has 0 N–H and O–H groups in total. The van der Waals surface area contributed by atoms with E-state index in [0.29, 0.717) is 29.0 Å². The molecular formula is C15H16BrNO3S2. The van der Waals surface area contributed by atoms with Gasteiger partial charge in [-0.25, -0.2) is 0 Å². The zero-order chi connectivity index (χ0) is 16.1. The molecule has 22 heavy (non-hydrogen) atoms. The van der Waals surface area contributed by atoms with Crippen molar-refractivity contribution in [3.8, 4) is 5.75 Å². The quantitative estimate of drug-likeness (QED) is 0.536. The van der Waals surface area contributed by atoms with E-state index in [2.05, 4.69) is 15.9 Å². The summed E-state index contributed by atoms with van der Waals surface area (Å²) in [5, 5.41) is 0. The number of methoxy groups -OCH3 is 1. The molecule has 1 aromatic carbocycles. The minimum absolute atomic E-state index is 0.0885. The first-order valence-electron chi connectivity index (χ1n) is 6.73. The molecule has 1 aromatic rings. The Morgan fingerprint density at radius 2 is 2.23 bits per heavy atom. The third-order valence-corrected chi connectivity index (χ3v) is 4.82. The first kappa shape index (κ1) is 17.5. The lowest BCUT2D eigenvalue weighted by Gasteiger charge is -2.13. The van der Waals surface area contributed by atoms with Crippen LogP contribution in [-0.2, 0) is 9.53 Å². The summed E-state index contributed by atoms with van der Waals surface area (Å²) in [4.78, 5) is 14.6. The highest BCUT2D eigenvalue weighted by Crippen LogP contribution is 2.34. The normalized spacial score (nSPS) is 16.7. The summed E-state index contributed by atoms with van der Waals surface area (Å²) in [6, 6.07) is 5.71. The number of hydrogen-bond acceptors (Lipinski definition) is 5. The van der Waals surface area contributed by atoms with Gasteiger partial charge in [-0.15, -0.1) is 0 Å². The number of rotatable bonds is 6. The number of nitrogens with zero attached hydrogens (tertiary/aromatic N) is 1. The topological polar surface area (TPSA) is 38.8 Å². The van der Waals surface area contributed by atoms with Gasteiger partial charge in [0.25, 0.3) is 5.91 Å². The zero-order valence-electron chi connectivity index (χ0n) is 12.3. The average Bonchev–Trinajstić information content (AvgIpc) is 2.74. The Bertz CT molecular complexity index is 619. The van der Waals surface area contributed by atoms with Crippen molar-refractivity contribution in [1.29, 1.82) is 0 Å². The molecule has 0 bridgehead atoms. The maximum absolute atomic E-state index is 12.4. The van der Waals surface area contributed by atoms with Crippen LogP contribution in [0, 0.1) is 0 Å². The van der Waals surface area contributed by atoms with E-state index in [1.165, 1.54) is 11.8 Å². The van der Waals surface area contributed by atoms with Crippen molar-refractivity contribution >= 4 is 56.2 Å². The summed E-state index contributed by atoms with van der Waals surface area (Å²) < 4.78 is 12.1. The smallest absolute Gasteiger partial charge is 0.266 e. The number of halogens is 1. The molecular weight excluding hydrogens is 386 g/mol. The number of thiocarbonyl (C=S) groups is 1. The van der Waals surface area contributed by atoms with E-state index in [1.807, 2.05) is 31.2 Å². The van der Waals surface area contributed by atoms with Crippen molar-refractivity contribution in [2.45, 2.75) is 6.92 Å². The molecule has 1 saturated heterocycles. The van der Waals surface area contributed by atoms with Crippen molar-refractivity contribution in [2.75, 3.05) is 26.9 Å². The number of hydrogen-bond donors (Lipinski definition) is 0. The van der Waals surface area contributed by atoms with Crippen molar-refractivity contribution in [1.82, 2.24) is 4.90 Å². The van der Waals surface area contributed by atoms with Crippen molar-refractivity contribution in [3.63, 3.8) is 0 Å². The first-order chi connectivity index (χ1) is 10.6. The van der Waals surface area contributed by atoms with E-state index in [9.17, 15) is 4.79 Å². The molecule has 0 saturated carbocycles. The van der Waals surface area contributed by atoms with Gasteiger partial charge in [0.05, 0.1) is 24.7 Å². The van der Waals surface area contributed by atoms with E-state index in [1.54, 1.807) is 12.0 Å². The minimum atomic E-state index is -0.0885. The second-order valence-corrected chi connectivity index (χ2v) is 7.03. The van der Waals surface area contributed by atoms with Gasteiger partial charge in [-0.1, -0.05) is 39.9 Å². The fraction of sp³-hybridized carbons (Fsp3) is 0.333. The maximum atomic E-state index is 12.4. The Balaban J connectivity index is 2.28. The Morgan fingerprint density at radius 3 is 2.91 bits per heavy atom. The van der Waals surface area contributed by atoms with Crippen LogP contribution in [0.5, 0.6) is 5.75 Å². The maximum Gasteiger partial charge on any atom is 0.266 e. The van der Waals surface area contributed by atoms with E-state index < -0.39 is 0 Å². The molecule has 0 radical (unpaired) electrons. The van der Waals surface area contributed by atoms with Crippen molar-refractivity contribution < 1.29 is 14.3 Å². The van der Waals surface area contributed by atoms with Gasteiger partial charge in [-0.2, -0.15) is 0 Å². The summed E-state index contributed by atoms with van der Waals surface area (Å²) in [5.41, 5.74) is 0.850. The van der Waals surface area contributed by atoms with Crippen LogP contribution in [-0.4, -0.2) is 42.0 Å². The fourth-order valence-electron chi connectivity index (χ4n) is 1.94. The minimum Gasteiger partial charge on any atom is -0.493 e. The van der Waals surface area contributed by atoms with Crippen LogP contribution >= 0.6 is 39.9 Å². The summed E-state index contributed by atoms with van der Waals surface area (Å²) >= 11 is 10.0. The molecule has 2 rings (SSSR count). The number of ether oxygens (including phenoxy) is 2. The highest BCUT2D eigenvalue weighted by atomic mass is 79.9. The predicted molar refractivity (Wildman–Crippen MR) is 97.1 cm³/mol. The molecule has 1 heterocycles. The van der Waals surface area contributed by atoms with Gasteiger partial charge in [0, 0.05) is 17.1 Å². The van der Waals surface area contributed by atoms with E-state index >= 15 is 0 Å². The fourth-order valence-corrected chi connectivity index (χ4v) is 3.61. The molecule has 0 spiro atoms. The number of carbonyl (C=O) groups excluding carboxylic acids is 1. The van der Waals surface area contributed by atoms with Crippen LogP contribution in [0.1, 0.15) is 12.5 Å². The second-order valence-electron chi connectivity index (χ2n) is 4.44. The molecule has 118 valence electrons. The molecule has 1 fully saturated rings. The predicted octanol–water partition coefficient (Wildman–Crippen LogP) is 3.70. The number of amides is 1. The third-order valence-electron chi connectivity index (χ3n) is 2.95. The highest BCUT2D eigenvalue weighted by molar-refractivity contribution is 9.10. The van der Waals surface area contributed by atoms with Gasteiger partial charge >= 0.3 is 0 Å². The Morgan fingerprint density at radius 1 is 1.45 bits per heavy atom. The molecule has 1 aliphatic heterocycles. The Hall–Kier alpha value is -0.890. The second kappa shape index (κ2) is 8.10. The summed E-state index contributed by atoms with van der Waals surface area (Å²) in [6.07, 6.45) is 1.82. The molecule has 0 aliphatic carbocycles. The van der Waals surface area contributed by atoms with Crippen LogP contribution in [0.2, 0.25) is 0 Å². The molecule has 4 nitrogen and oxygen atoms in total. The van der Waals surface area contributed by atoms with E-state index in [4.69, 9.17) is 21.7 Å². The van der Waals surface area contributed by atoms with E-state index in [-0.39, 0.29) is 5.91 Å². The Labute approximate surface area is 148 Å². The highest BCUT2D eigenvalue weighted by Gasteiger charge is 2.31. The van der Waals surface area contributed by atoms with Crippen LogP contribution in [0.3, 0.4) is 0 Å². The lowest BCUT2D eigenvalue weighted by molar-refractivity contribution is -0.122. The molecule has 0 atom stereocenters. The van der Waals surface area contributed by atoms with Crippen LogP contribution in [0.25, 0.3) is 6.08 Å². The lowest BCUT2D eigenvalue weighted by atomic mass is 10.2. The zero-order valence-corrected chi connectivity index (χ0v) is 15.5. The summed E-state index contributed by atoms with van der Waals surface area (Å²) in [6.45, 7) is 3.42. The molecule has 0 unspecified atom stereocenters. The van der Waals surface area contributed by atoms with Gasteiger partial charge in [0.2, 0.25) is 0 Å². The Kier molecular flexibility index (Phi) is 6.43. The van der Waals surface area contributed by atoms with E-state index in [0.717, 1.165) is 15.8 Å². The van der Waals surface area contributed by atoms with Crippen molar-refractivity contribution in [2.24, 2.45) is 0 Å². The first-order valence-corrected chi connectivity index (χ1v) is 8.75. The molecule has 0 aromatic heterocycles.